The van der Waals surface area contributed by atoms with Crippen LogP contribution in [0.5, 0.6) is 5.75 Å². The number of carbonyl (C=O) groups excluding carboxylic acids is 1. The smallest absolute Gasteiger partial charge is 0.267 e. The summed E-state index contributed by atoms with van der Waals surface area (Å²) in [6.45, 7) is 4.52. The van der Waals surface area contributed by atoms with Gasteiger partial charge in [-0.15, -0.1) is 11.3 Å². The minimum absolute atomic E-state index is 0.0515. The molecule has 0 radical (unpaired) electrons. The van der Waals surface area contributed by atoms with Crippen LogP contribution in [-0.2, 0) is 17.6 Å². The molecule has 0 aliphatic heterocycles. The summed E-state index contributed by atoms with van der Waals surface area (Å²) in [6, 6.07) is 15.1. The Morgan fingerprint density at radius 3 is 2.79 bits per heavy atom. The zero-order valence-electron chi connectivity index (χ0n) is 19.1. The first-order valence-electron chi connectivity index (χ1n) is 11.3. The number of nitrogens with one attached hydrogen (secondary N) is 1. The molecule has 6 nitrogen and oxygen atoms in total. The van der Waals surface area contributed by atoms with Crippen molar-refractivity contribution in [2.45, 2.75) is 38.3 Å². The van der Waals surface area contributed by atoms with Crippen LogP contribution in [0.15, 0.2) is 58.5 Å². The number of rotatable bonds is 7. The highest BCUT2D eigenvalue weighted by atomic mass is 32.2. The van der Waals surface area contributed by atoms with E-state index in [1.165, 1.54) is 16.6 Å². The van der Waals surface area contributed by atoms with Crippen molar-refractivity contribution < 1.29 is 9.53 Å². The number of carbonyl (C=O) groups is 1. The Kier molecular flexibility index (Phi) is 6.43. The van der Waals surface area contributed by atoms with Gasteiger partial charge in [0, 0.05) is 10.6 Å². The summed E-state index contributed by atoms with van der Waals surface area (Å²) in [5, 5.41) is 4.18. The maximum atomic E-state index is 13.7. The number of amides is 1. The molecular formula is C26H25N3O3S2. The van der Waals surface area contributed by atoms with Gasteiger partial charge in [-0.3, -0.25) is 14.2 Å². The molecule has 2 heterocycles. The molecule has 0 fully saturated rings. The summed E-state index contributed by atoms with van der Waals surface area (Å²) in [6.07, 6.45) is 3.02. The van der Waals surface area contributed by atoms with Crippen LogP contribution in [0.2, 0.25) is 0 Å². The summed E-state index contributed by atoms with van der Waals surface area (Å²) in [5.74, 6) is 0.743. The van der Waals surface area contributed by atoms with Crippen LogP contribution in [0, 0.1) is 6.92 Å². The van der Waals surface area contributed by atoms with Gasteiger partial charge < -0.3 is 10.1 Å². The number of benzene rings is 2. The summed E-state index contributed by atoms with van der Waals surface area (Å²) in [7, 11) is 0. The summed E-state index contributed by atoms with van der Waals surface area (Å²) in [4.78, 5) is 33.3. The summed E-state index contributed by atoms with van der Waals surface area (Å²) in [5.41, 5.74) is 3.63. The van der Waals surface area contributed by atoms with Gasteiger partial charge in [-0.25, -0.2) is 4.98 Å². The van der Waals surface area contributed by atoms with Crippen LogP contribution < -0.4 is 15.6 Å². The molecule has 2 aromatic heterocycles. The molecule has 0 saturated carbocycles. The minimum atomic E-state index is -0.159. The Bertz CT molecular complexity index is 1420. The van der Waals surface area contributed by atoms with Crippen LogP contribution in [0.1, 0.15) is 29.3 Å². The van der Waals surface area contributed by atoms with Gasteiger partial charge in [0.2, 0.25) is 5.91 Å². The molecule has 0 bridgehead atoms. The lowest BCUT2D eigenvalue weighted by molar-refractivity contribution is -0.113. The molecule has 0 unspecified atom stereocenters. The Morgan fingerprint density at radius 1 is 1.21 bits per heavy atom. The Morgan fingerprint density at radius 2 is 2.03 bits per heavy atom. The molecule has 34 heavy (non-hydrogen) atoms. The molecule has 1 N–H and O–H groups in total. The first-order chi connectivity index (χ1) is 16.5. The average Bonchev–Trinajstić information content (AvgIpc) is 3.40. The highest BCUT2D eigenvalue weighted by Gasteiger charge is 2.24. The topological polar surface area (TPSA) is 73.2 Å². The van der Waals surface area contributed by atoms with Gasteiger partial charge >= 0.3 is 0 Å². The number of anilines is 1. The highest BCUT2D eigenvalue weighted by molar-refractivity contribution is 7.99. The van der Waals surface area contributed by atoms with E-state index < -0.39 is 0 Å². The van der Waals surface area contributed by atoms with Crippen LogP contribution in [-0.4, -0.2) is 27.8 Å². The van der Waals surface area contributed by atoms with Gasteiger partial charge in [-0.05, 0) is 80.6 Å². The van der Waals surface area contributed by atoms with Crippen molar-refractivity contribution in [2.75, 3.05) is 17.7 Å². The monoisotopic (exact) mass is 491 g/mol. The van der Waals surface area contributed by atoms with Crippen LogP contribution in [0.3, 0.4) is 0 Å². The second kappa shape index (κ2) is 9.64. The van der Waals surface area contributed by atoms with Crippen molar-refractivity contribution in [3.8, 4) is 11.4 Å². The fourth-order valence-corrected chi connectivity index (χ4v) is 6.36. The summed E-state index contributed by atoms with van der Waals surface area (Å²) >= 11 is 2.89. The molecule has 0 spiro atoms. The van der Waals surface area contributed by atoms with E-state index in [4.69, 9.17) is 9.72 Å². The fourth-order valence-electron chi connectivity index (χ4n) is 4.24. The predicted molar refractivity (Wildman–Crippen MR) is 139 cm³/mol. The van der Waals surface area contributed by atoms with Crippen molar-refractivity contribution >= 4 is 44.9 Å². The molecule has 174 valence electrons. The number of thioether (sulfide) groups is 1. The lowest BCUT2D eigenvalue weighted by Crippen LogP contribution is -2.23. The Labute approximate surface area is 206 Å². The first kappa shape index (κ1) is 22.7. The molecule has 8 heteroatoms. The zero-order chi connectivity index (χ0) is 23.7. The van der Waals surface area contributed by atoms with Gasteiger partial charge in [0.15, 0.2) is 5.16 Å². The van der Waals surface area contributed by atoms with E-state index in [1.807, 2.05) is 62.4 Å². The van der Waals surface area contributed by atoms with E-state index in [2.05, 4.69) is 5.32 Å². The average molecular weight is 492 g/mol. The van der Waals surface area contributed by atoms with Crippen LogP contribution in [0.4, 0.5) is 5.69 Å². The number of fused-ring (bicyclic) bond motifs is 3. The highest BCUT2D eigenvalue weighted by Crippen LogP contribution is 2.36. The van der Waals surface area contributed by atoms with Crippen molar-refractivity contribution in [1.82, 2.24) is 9.55 Å². The van der Waals surface area contributed by atoms with Crippen LogP contribution in [0.25, 0.3) is 15.9 Å². The Hall–Kier alpha value is -3.10. The number of thiophene rings is 1. The third-order valence-corrected chi connectivity index (χ3v) is 7.87. The number of nitrogens with zero attached hydrogens (tertiary/aromatic N) is 2. The van der Waals surface area contributed by atoms with Gasteiger partial charge in [-0.2, -0.15) is 0 Å². The third kappa shape index (κ3) is 4.48. The first-order valence-corrected chi connectivity index (χ1v) is 13.1. The number of aryl methyl sites for hydroxylation is 3. The maximum absolute atomic E-state index is 13.7. The molecule has 1 aliphatic carbocycles. The number of hydrogen-bond donors (Lipinski definition) is 1. The minimum Gasteiger partial charge on any atom is -0.494 e. The SMILES string of the molecule is CCOc1ccc(NC(=O)CSc2nc3sc4c(c3c(=O)n2-c2cccc(C)c2)CCC4)cc1. The molecule has 0 saturated heterocycles. The second-order valence-electron chi connectivity index (χ2n) is 8.21. The van der Waals surface area contributed by atoms with Crippen molar-refractivity contribution in [3.05, 3.63) is 74.9 Å². The standard InChI is InChI=1S/C26H25N3O3S2/c1-3-32-19-12-10-17(11-13-19)27-22(30)15-33-26-28-24-23(20-8-5-9-21(20)34-24)25(31)29(26)18-7-4-6-16(2)14-18/h4,6-7,10-14H,3,5,8-9,15H2,1-2H3,(H,27,30). The molecular weight excluding hydrogens is 466 g/mol. The number of ether oxygens (including phenoxy) is 1. The van der Waals surface area contributed by atoms with Crippen molar-refractivity contribution in [3.63, 3.8) is 0 Å². The van der Waals surface area contributed by atoms with E-state index in [9.17, 15) is 9.59 Å². The Balaban J connectivity index is 1.44. The van der Waals surface area contributed by atoms with Crippen LogP contribution >= 0.6 is 23.1 Å². The zero-order valence-corrected chi connectivity index (χ0v) is 20.7. The van der Waals surface area contributed by atoms with Crippen molar-refractivity contribution in [1.29, 1.82) is 0 Å². The number of hydrogen-bond acceptors (Lipinski definition) is 6. The number of aromatic nitrogens is 2. The van der Waals surface area contributed by atoms with E-state index in [1.54, 1.807) is 15.9 Å². The van der Waals surface area contributed by atoms with E-state index >= 15 is 0 Å². The fraction of sp³-hybridized carbons (Fsp3) is 0.269. The van der Waals surface area contributed by atoms with Gasteiger partial charge in [0.25, 0.3) is 5.56 Å². The lowest BCUT2D eigenvalue weighted by atomic mass is 10.2. The molecule has 5 rings (SSSR count). The quantitative estimate of drug-likeness (QED) is 0.278. The summed E-state index contributed by atoms with van der Waals surface area (Å²) < 4.78 is 7.11. The maximum Gasteiger partial charge on any atom is 0.267 e. The molecule has 1 amide bonds. The molecule has 2 aromatic carbocycles. The van der Waals surface area contributed by atoms with Gasteiger partial charge in [0.1, 0.15) is 10.6 Å². The van der Waals surface area contributed by atoms with Crippen molar-refractivity contribution in [2.24, 2.45) is 0 Å². The molecule has 4 aromatic rings. The molecule has 0 atom stereocenters. The molecule has 1 aliphatic rings. The largest absolute Gasteiger partial charge is 0.494 e. The lowest BCUT2D eigenvalue weighted by Gasteiger charge is -2.13. The predicted octanol–water partition coefficient (Wildman–Crippen LogP) is 5.37. The van der Waals surface area contributed by atoms with E-state index in [0.717, 1.165) is 52.0 Å². The van der Waals surface area contributed by atoms with Gasteiger partial charge in [-0.1, -0.05) is 23.9 Å². The van der Waals surface area contributed by atoms with E-state index in [0.29, 0.717) is 17.5 Å². The normalized spacial score (nSPS) is 12.6. The third-order valence-electron chi connectivity index (χ3n) is 5.75. The second-order valence-corrected chi connectivity index (χ2v) is 10.2. The van der Waals surface area contributed by atoms with Gasteiger partial charge in [0.05, 0.1) is 23.4 Å². The van der Waals surface area contributed by atoms with E-state index in [-0.39, 0.29) is 17.2 Å².